The van der Waals surface area contributed by atoms with Gasteiger partial charge in [-0.3, -0.25) is 4.79 Å². The maximum Gasteiger partial charge on any atom is 0.306 e. The fraction of sp³-hybridized carbons (Fsp3) is 0.727. The molecule has 0 radical (unpaired) electrons. The van der Waals surface area contributed by atoms with Gasteiger partial charge in [-0.2, -0.15) is 0 Å². The zero-order valence-electron chi connectivity index (χ0n) is 8.70. The molecule has 2 N–H and O–H groups in total. The van der Waals surface area contributed by atoms with Gasteiger partial charge in [-0.25, -0.2) is 0 Å². The van der Waals surface area contributed by atoms with Gasteiger partial charge >= 0.3 is 5.97 Å². The molecule has 0 aromatic carbocycles. The van der Waals surface area contributed by atoms with Crippen LogP contribution in [0.4, 0.5) is 0 Å². The van der Waals surface area contributed by atoms with Gasteiger partial charge in [0.1, 0.15) is 0 Å². The lowest BCUT2D eigenvalue weighted by Crippen LogP contribution is -2.36. The van der Waals surface area contributed by atoms with E-state index in [1.165, 1.54) is 0 Å². The van der Waals surface area contributed by atoms with E-state index in [0.29, 0.717) is 6.04 Å². The fourth-order valence-corrected chi connectivity index (χ4v) is 1.95. The Morgan fingerprint density at radius 1 is 1.57 bits per heavy atom. The number of rotatable bonds is 4. The molecule has 14 heavy (non-hydrogen) atoms. The smallest absolute Gasteiger partial charge is 0.306 e. The highest BCUT2D eigenvalue weighted by Crippen LogP contribution is 2.24. The summed E-state index contributed by atoms with van der Waals surface area (Å²) in [7, 11) is 0. The zero-order valence-corrected chi connectivity index (χ0v) is 8.70. The monoisotopic (exact) mass is 197 g/mol. The van der Waals surface area contributed by atoms with E-state index in [9.17, 15) is 4.79 Å². The highest BCUT2D eigenvalue weighted by molar-refractivity contribution is 5.70. The van der Waals surface area contributed by atoms with Crippen LogP contribution in [0.5, 0.6) is 0 Å². The number of carboxylic acids is 1. The van der Waals surface area contributed by atoms with Crippen LogP contribution < -0.4 is 5.32 Å². The SMILES string of the molecule is CC=CCNC1CCCC(C(=O)O)C1. The number of nitrogens with one attached hydrogen (secondary N) is 1. The van der Waals surface area contributed by atoms with Crippen LogP contribution in [-0.4, -0.2) is 23.7 Å². The molecule has 0 spiro atoms. The van der Waals surface area contributed by atoms with Gasteiger partial charge in [0.2, 0.25) is 0 Å². The molecule has 0 aromatic heterocycles. The molecule has 3 heteroatoms. The second-order valence-electron chi connectivity index (χ2n) is 3.88. The number of hydrogen-bond donors (Lipinski definition) is 2. The predicted octanol–water partition coefficient (Wildman–Crippen LogP) is 1.80. The third-order valence-electron chi connectivity index (χ3n) is 2.78. The molecule has 1 aliphatic rings. The Morgan fingerprint density at radius 3 is 3.00 bits per heavy atom. The highest BCUT2D eigenvalue weighted by Gasteiger charge is 2.26. The zero-order chi connectivity index (χ0) is 10.4. The third-order valence-corrected chi connectivity index (χ3v) is 2.78. The summed E-state index contributed by atoms with van der Waals surface area (Å²) in [6.07, 6.45) is 7.84. The first-order chi connectivity index (χ1) is 6.74. The molecule has 2 unspecified atom stereocenters. The lowest BCUT2D eigenvalue weighted by Gasteiger charge is -2.27. The quantitative estimate of drug-likeness (QED) is 0.676. The molecule has 0 amide bonds. The van der Waals surface area contributed by atoms with Crippen LogP contribution in [-0.2, 0) is 4.79 Å². The Hall–Kier alpha value is -0.830. The maximum atomic E-state index is 10.8. The summed E-state index contributed by atoms with van der Waals surface area (Å²) in [5.41, 5.74) is 0. The fourth-order valence-electron chi connectivity index (χ4n) is 1.95. The summed E-state index contributed by atoms with van der Waals surface area (Å²) in [6.45, 7) is 2.84. The van der Waals surface area contributed by atoms with Gasteiger partial charge in [0.25, 0.3) is 0 Å². The van der Waals surface area contributed by atoms with Gasteiger partial charge in [0.05, 0.1) is 5.92 Å². The Bertz CT molecular complexity index is 213. The molecule has 1 rings (SSSR count). The van der Waals surface area contributed by atoms with Crippen molar-refractivity contribution in [2.45, 2.75) is 38.6 Å². The van der Waals surface area contributed by atoms with Gasteiger partial charge in [0.15, 0.2) is 0 Å². The highest BCUT2D eigenvalue weighted by atomic mass is 16.4. The van der Waals surface area contributed by atoms with E-state index >= 15 is 0 Å². The second-order valence-corrected chi connectivity index (χ2v) is 3.88. The van der Waals surface area contributed by atoms with Crippen molar-refractivity contribution in [3.05, 3.63) is 12.2 Å². The molecule has 1 saturated carbocycles. The van der Waals surface area contributed by atoms with E-state index in [-0.39, 0.29) is 5.92 Å². The predicted molar refractivity (Wildman–Crippen MR) is 56.2 cm³/mol. The number of allylic oxidation sites excluding steroid dienone is 1. The summed E-state index contributed by atoms with van der Waals surface area (Å²) < 4.78 is 0. The Balaban J connectivity index is 2.29. The molecule has 3 nitrogen and oxygen atoms in total. The summed E-state index contributed by atoms with van der Waals surface area (Å²) in [4.78, 5) is 10.8. The largest absolute Gasteiger partial charge is 0.481 e. The van der Waals surface area contributed by atoms with E-state index in [1.807, 2.05) is 13.0 Å². The lowest BCUT2D eigenvalue weighted by molar-refractivity contribution is -0.143. The molecule has 1 fully saturated rings. The van der Waals surface area contributed by atoms with Crippen LogP contribution in [0.15, 0.2) is 12.2 Å². The van der Waals surface area contributed by atoms with E-state index in [1.54, 1.807) is 0 Å². The molecule has 0 aliphatic heterocycles. The first-order valence-electron chi connectivity index (χ1n) is 5.31. The topological polar surface area (TPSA) is 49.3 Å². The molecule has 0 heterocycles. The number of aliphatic carboxylic acids is 1. The third kappa shape index (κ3) is 3.50. The van der Waals surface area contributed by atoms with Crippen molar-refractivity contribution in [3.63, 3.8) is 0 Å². The second kappa shape index (κ2) is 5.81. The summed E-state index contributed by atoms with van der Waals surface area (Å²) in [5.74, 6) is -0.769. The first-order valence-corrected chi connectivity index (χ1v) is 5.31. The molecular weight excluding hydrogens is 178 g/mol. The van der Waals surface area contributed by atoms with E-state index in [4.69, 9.17) is 5.11 Å². The van der Waals surface area contributed by atoms with E-state index in [0.717, 1.165) is 32.2 Å². The van der Waals surface area contributed by atoms with Gasteiger partial charge in [-0.1, -0.05) is 18.6 Å². The van der Waals surface area contributed by atoms with Crippen molar-refractivity contribution in [3.8, 4) is 0 Å². The Morgan fingerprint density at radius 2 is 2.36 bits per heavy atom. The van der Waals surface area contributed by atoms with Crippen LogP contribution in [0, 0.1) is 5.92 Å². The minimum absolute atomic E-state index is 0.133. The molecule has 0 saturated heterocycles. The minimum Gasteiger partial charge on any atom is -0.481 e. The van der Waals surface area contributed by atoms with Crippen molar-refractivity contribution in [1.82, 2.24) is 5.32 Å². The molecule has 2 atom stereocenters. The van der Waals surface area contributed by atoms with Crippen LogP contribution in [0.25, 0.3) is 0 Å². The average molecular weight is 197 g/mol. The van der Waals surface area contributed by atoms with E-state index < -0.39 is 5.97 Å². The van der Waals surface area contributed by atoms with Crippen molar-refractivity contribution in [1.29, 1.82) is 0 Å². The van der Waals surface area contributed by atoms with Crippen LogP contribution >= 0.6 is 0 Å². The molecule has 80 valence electrons. The Labute approximate surface area is 85.2 Å². The summed E-state index contributed by atoms with van der Waals surface area (Å²) in [6, 6.07) is 0.390. The molecule has 0 aromatic rings. The normalized spacial score (nSPS) is 28.1. The van der Waals surface area contributed by atoms with Crippen LogP contribution in [0.2, 0.25) is 0 Å². The van der Waals surface area contributed by atoms with Crippen molar-refractivity contribution >= 4 is 5.97 Å². The first kappa shape index (κ1) is 11.2. The van der Waals surface area contributed by atoms with Crippen molar-refractivity contribution in [2.24, 2.45) is 5.92 Å². The lowest BCUT2D eigenvalue weighted by atomic mass is 9.86. The van der Waals surface area contributed by atoms with Gasteiger partial charge in [-0.15, -0.1) is 0 Å². The van der Waals surface area contributed by atoms with Crippen molar-refractivity contribution in [2.75, 3.05) is 6.54 Å². The van der Waals surface area contributed by atoms with Gasteiger partial charge in [0, 0.05) is 12.6 Å². The summed E-state index contributed by atoms with van der Waals surface area (Å²) in [5, 5.41) is 12.2. The molecule has 1 aliphatic carbocycles. The van der Waals surface area contributed by atoms with Crippen molar-refractivity contribution < 1.29 is 9.90 Å². The standard InChI is InChI=1S/C11H19NO2/c1-2-3-7-12-10-6-4-5-9(8-10)11(13)14/h2-3,9-10,12H,4-8H2,1H3,(H,13,14). The molecular formula is C11H19NO2. The minimum atomic E-state index is -0.637. The Kier molecular flexibility index (Phi) is 4.66. The summed E-state index contributed by atoms with van der Waals surface area (Å²) >= 11 is 0. The number of hydrogen-bond acceptors (Lipinski definition) is 2. The van der Waals surface area contributed by atoms with Crippen LogP contribution in [0.1, 0.15) is 32.6 Å². The average Bonchev–Trinajstić information content (AvgIpc) is 2.19. The van der Waals surface area contributed by atoms with Gasteiger partial charge < -0.3 is 10.4 Å². The maximum absolute atomic E-state index is 10.8. The van der Waals surface area contributed by atoms with Gasteiger partial charge in [-0.05, 0) is 26.2 Å². The van der Waals surface area contributed by atoms with E-state index in [2.05, 4.69) is 11.4 Å². The number of carbonyl (C=O) groups is 1. The van der Waals surface area contributed by atoms with Crippen LogP contribution in [0.3, 0.4) is 0 Å². The number of carboxylic acid groups (broad SMARTS) is 1. The molecule has 0 bridgehead atoms.